The number of hydrogen-bond donors (Lipinski definition) is 1. The van der Waals surface area contributed by atoms with Crippen molar-refractivity contribution in [3.8, 4) is 0 Å². The van der Waals surface area contributed by atoms with Gasteiger partial charge in [0, 0.05) is 13.5 Å². The van der Waals surface area contributed by atoms with Gasteiger partial charge in [0.1, 0.15) is 12.2 Å². The molecule has 1 aromatic heterocycles. The van der Waals surface area contributed by atoms with Gasteiger partial charge in [0.2, 0.25) is 0 Å². The van der Waals surface area contributed by atoms with E-state index in [2.05, 4.69) is 15.5 Å². The monoisotopic (exact) mass is 208 g/mol. The summed E-state index contributed by atoms with van der Waals surface area (Å²) < 4.78 is 2.02. The number of aryl methyl sites for hydroxylation is 2. The highest BCUT2D eigenvalue weighted by Crippen LogP contribution is 2.19. The highest BCUT2D eigenvalue weighted by Gasteiger charge is 2.12. The Kier molecular flexibility index (Phi) is 3.72. The van der Waals surface area contributed by atoms with Crippen molar-refractivity contribution in [3.63, 3.8) is 0 Å². The first-order chi connectivity index (χ1) is 7.36. The Morgan fingerprint density at radius 2 is 2.40 bits per heavy atom. The normalized spacial score (nSPS) is 22.6. The Labute approximate surface area is 91.1 Å². The summed E-state index contributed by atoms with van der Waals surface area (Å²) in [6, 6.07) is 0. The van der Waals surface area contributed by atoms with E-state index >= 15 is 0 Å². The van der Waals surface area contributed by atoms with Crippen LogP contribution in [0.4, 0.5) is 0 Å². The average Bonchev–Trinajstić information content (AvgIpc) is 2.53. The van der Waals surface area contributed by atoms with E-state index in [1.165, 1.54) is 38.8 Å². The van der Waals surface area contributed by atoms with Crippen molar-refractivity contribution in [1.29, 1.82) is 0 Å². The fourth-order valence-electron chi connectivity index (χ4n) is 2.25. The highest BCUT2D eigenvalue weighted by atomic mass is 15.2. The molecule has 1 aromatic rings. The molecule has 1 saturated heterocycles. The topological polar surface area (TPSA) is 42.7 Å². The Morgan fingerprint density at radius 1 is 1.47 bits per heavy atom. The first-order valence-electron chi connectivity index (χ1n) is 5.90. The van der Waals surface area contributed by atoms with Gasteiger partial charge >= 0.3 is 0 Å². The maximum absolute atomic E-state index is 4.12. The van der Waals surface area contributed by atoms with Crippen LogP contribution in [0, 0.1) is 5.92 Å². The number of hydrogen-bond acceptors (Lipinski definition) is 3. The van der Waals surface area contributed by atoms with Crippen molar-refractivity contribution in [1.82, 2.24) is 20.1 Å². The summed E-state index contributed by atoms with van der Waals surface area (Å²) in [5.41, 5.74) is 0. The summed E-state index contributed by atoms with van der Waals surface area (Å²) in [4.78, 5) is 0. The predicted molar refractivity (Wildman–Crippen MR) is 59.5 cm³/mol. The van der Waals surface area contributed by atoms with Gasteiger partial charge in [0.15, 0.2) is 0 Å². The van der Waals surface area contributed by atoms with Crippen LogP contribution >= 0.6 is 0 Å². The fraction of sp³-hybridized carbons (Fsp3) is 0.818. The van der Waals surface area contributed by atoms with E-state index in [1.807, 2.05) is 11.6 Å². The molecule has 0 bridgehead atoms. The smallest absolute Gasteiger partial charge is 0.132 e. The van der Waals surface area contributed by atoms with Crippen molar-refractivity contribution in [2.75, 3.05) is 13.1 Å². The molecule has 1 aliphatic rings. The van der Waals surface area contributed by atoms with E-state index in [4.69, 9.17) is 0 Å². The van der Waals surface area contributed by atoms with Crippen molar-refractivity contribution in [2.45, 2.75) is 32.1 Å². The maximum Gasteiger partial charge on any atom is 0.132 e. The van der Waals surface area contributed by atoms with Gasteiger partial charge in [-0.3, -0.25) is 0 Å². The molecule has 0 aliphatic carbocycles. The third-order valence-corrected chi connectivity index (χ3v) is 3.28. The third kappa shape index (κ3) is 3.02. The van der Waals surface area contributed by atoms with Crippen LogP contribution in [0.1, 0.15) is 31.5 Å². The standard InChI is InChI=1S/C11H20N4/c1-15-9-13-14-11(15)5-4-10-3-2-7-12-8-6-10/h9-10,12H,2-8H2,1H3. The molecule has 1 atom stereocenters. The molecule has 0 spiro atoms. The van der Waals surface area contributed by atoms with Crippen LogP contribution in [-0.4, -0.2) is 27.9 Å². The van der Waals surface area contributed by atoms with Crippen LogP contribution in [0.2, 0.25) is 0 Å². The highest BCUT2D eigenvalue weighted by molar-refractivity contribution is 4.85. The summed E-state index contributed by atoms with van der Waals surface area (Å²) in [5.74, 6) is 1.99. The van der Waals surface area contributed by atoms with E-state index in [0.29, 0.717) is 0 Å². The van der Waals surface area contributed by atoms with Crippen LogP contribution in [0.15, 0.2) is 6.33 Å². The van der Waals surface area contributed by atoms with Gasteiger partial charge in [0.05, 0.1) is 0 Å². The summed E-state index contributed by atoms with van der Waals surface area (Å²) in [7, 11) is 2.02. The zero-order valence-corrected chi connectivity index (χ0v) is 9.45. The van der Waals surface area contributed by atoms with E-state index in [-0.39, 0.29) is 0 Å². The summed E-state index contributed by atoms with van der Waals surface area (Å²) in [6.45, 7) is 2.38. The minimum absolute atomic E-state index is 0.872. The van der Waals surface area contributed by atoms with Gasteiger partial charge in [-0.1, -0.05) is 0 Å². The average molecular weight is 208 g/mol. The molecule has 4 heteroatoms. The first kappa shape index (κ1) is 10.6. The maximum atomic E-state index is 4.12. The lowest BCUT2D eigenvalue weighted by molar-refractivity contribution is 0.432. The van der Waals surface area contributed by atoms with Crippen LogP contribution in [0.3, 0.4) is 0 Å². The molecule has 4 nitrogen and oxygen atoms in total. The van der Waals surface area contributed by atoms with Gasteiger partial charge in [-0.15, -0.1) is 10.2 Å². The van der Waals surface area contributed by atoms with Gasteiger partial charge in [0.25, 0.3) is 0 Å². The quantitative estimate of drug-likeness (QED) is 0.810. The molecule has 1 aliphatic heterocycles. The van der Waals surface area contributed by atoms with Crippen molar-refractivity contribution in [3.05, 3.63) is 12.2 Å². The van der Waals surface area contributed by atoms with E-state index in [0.717, 1.165) is 18.2 Å². The number of nitrogens with zero attached hydrogens (tertiary/aromatic N) is 3. The fourth-order valence-corrected chi connectivity index (χ4v) is 2.25. The van der Waals surface area contributed by atoms with Crippen LogP contribution < -0.4 is 5.32 Å². The van der Waals surface area contributed by atoms with E-state index in [1.54, 1.807) is 6.33 Å². The SMILES string of the molecule is Cn1cnnc1CCC1CCCNCC1. The minimum Gasteiger partial charge on any atom is -0.321 e. The summed E-state index contributed by atoms with van der Waals surface area (Å²) >= 11 is 0. The Bertz CT molecular complexity index is 287. The van der Waals surface area contributed by atoms with Gasteiger partial charge in [-0.25, -0.2) is 0 Å². The molecular formula is C11H20N4. The number of aromatic nitrogens is 3. The van der Waals surface area contributed by atoms with Crippen LogP contribution in [-0.2, 0) is 13.5 Å². The van der Waals surface area contributed by atoms with Crippen LogP contribution in [0.5, 0.6) is 0 Å². The Hall–Kier alpha value is -0.900. The molecule has 0 aromatic carbocycles. The lowest BCUT2D eigenvalue weighted by atomic mass is 9.95. The lowest BCUT2D eigenvalue weighted by Gasteiger charge is -2.12. The number of rotatable bonds is 3. The van der Waals surface area contributed by atoms with Crippen molar-refractivity contribution in [2.24, 2.45) is 13.0 Å². The Balaban J connectivity index is 1.79. The first-order valence-corrected chi connectivity index (χ1v) is 5.90. The molecule has 84 valence electrons. The zero-order chi connectivity index (χ0) is 10.5. The third-order valence-electron chi connectivity index (χ3n) is 3.28. The van der Waals surface area contributed by atoms with Gasteiger partial charge in [-0.2, -0.15) is 0 Å². The molecular weight excluding hydrogens is 188 g/mol. The molecule has 15 heavy (non-hydrogen) atoms. The van der Waals surface area contributed by atoms with Gasteiger partial charge < -0.3 is 9.88 Å². The number of nitrogens with one attached hydrogen (secondary N) is 1. The molecule has 0 amide bonds. The minimum atomic E-state index is 0.872. The predicted octanol–water partition coefficient (Wildman–Crippen LogP) is 1.14. The van der Waals surface area contributed by atoms with Crippen LogP contribution in [0.25, 0.3) is 0 Å². The van der Waals surface area contributed by atoms with Crippen molar-refractivity contribution >= 4 is 0 Å². The molecule has 0 radical (unpaired) electrons. The Morgan fingerprint density at radius 3 is 3.20 bits per heavy atom. The molecule has 1 N–H and O–H groups in total. The second-order valence-electron chi connectivity index (χ2n) is 4.44. The van der Waals surface area contributed by atoms with E-state index < -0.39 is 0 Å². The largest absolute Gasteiger partial charge is 0.321 e. The molecule has 1 unspecified atom stereocenters. The second-order valence-corrected chi connectivity index (χ2v) is 4.44. The molecule has 2 rings (SSSR count). The zero-order valence-electron chi connectivity index (χ0n) is 9.45. The molecule has 0 saturated carbocycles. The second kappa shape index (κ2) is 5.26. The molecule has 2 heterocycles. The van der Waals surface area contributed by atoms with Crippen molar-refractivity contribution < 1.29 is 0 Å². The summed E-state index contributed by atoms with van der Waals surface area (Å²) in [5, 5.41) is 11.5. The van der Waals surface area contributed by atoms with Gasteiger partial charge in [-0.05, 0) is 44.7 Å². The molecule has 1 fully saturated rings. The summed E-state index contributed by atoms with van der Waals surface area (Å²) in [6.07, 6.45) is 8.12. The lowest BCUT2D eigenvalue weighted by Crippen LogP contribution is -2.14. The van der Waals surface area contributed by atoms with E-state index in [9.17, 15) is 0 Å².